The molecule has 0 aliphatic carbocycles. The molecule has 1 aromatic heterocycles. The van der Waals surface area contributed by atoms with E-state index < -0.39 is 0 Å². The summed E-state index contributed by atoms with van der Waals surface area (Å²) in [6, 6.07) is 5.67. The monoisotopic (exact) mass is 289 g/mol. The van der Waals surface area contributed by atoms with Crippen LogP contribution >= 0.6 is 0 Å². The summed E-state index contributed by atoms with van der Waals surface area (Å²) in [6.07, 6.45) is 1.78. The number of aliphatic hydroxyl groups excluding tert-OH is 1. The lowest BCUT2D eigenvalue weighted by molar-refractivity contribution is -0.116. The Bertz CT molecular complexity index is 626. The van der Waals surface area contributed by atoms with Crippen molar-refractivity contribution in [2.75, 3.05) is 11.9 Å². The van der Waals surface area contributed by atoms with Gasteiger partial charge in [-0.15, -0.1) is 0 Å². The highest BCUT2D eigenvalue weighted by Gasteiger charge is 2.18. The highest BCUT2D eigenvalue weighted by molar-refractivity contribution is 5.93. The molecule has 0 radical (unpaired) electrons. The molecular weight excluding hydrogens is 266 g/mol. The van der Waals surface area contributed by atoms with Crippen LogP contribution in [0.25, 0.3) is 11.0 Å². The number of aromatic amines is 1. The quantitative estimate of drug-likeness (QED) is 0.740. The van der Waals surface area contributed by atoms with Gasteiger partial charge < -0.3 is 15.4 Å². The normalized spacial score (nSPS) is 11.8. The SMILES string of the molecule is CC(C)(C)c1nc2ccc(NC(=O)CCCCO)cc2[nH]1. The number of aromatic nitrogens is 2. The maximum atomic E-state index is 11.8. The Kier molecular flexibility index (Phi) is 4.63. The minimum atomic E-state index is -0.0350. The molecule has 114 valence electrons. The first-order chi connectivity index (χ1) is 9.90. The largest absolute Gasteiger partial charge is 0.396 e. The van der Waals surface area contributed by atoms with Crippen LogP contribution in [0, 0.1) is 0 Å². The molecule has 0 aliphatic rings. The summed E-state index contributed by atoms with van der Waals surface area (Å²) in [4.78, 5) is 19.6. The van der Waals surface area contributed by atoms with Gasteiger partial charge in [-0.3, -0.25) is 4.79 Å². The topological polar surface area (TPSA) is 78.0 Å². The lowest BCUT2D eigenvalue weighted by atomic mass is 9.96. The van der Waals surface area contributed by atoms with E-state index in [1.54, 1.807) is 0 Å². The molecule has 3 N–H and O–H groups in total. The second-order valence-electron chi connectivity index (χ2n) is 6.30. The standard InChI is InChI=1S/C16H23N3O2/c1-16(2,3)15-18-12-8-7-11(10-13(12)19-15)17-14(21)6-4-5-9-20/h7-8,10,20H,4-6,9H2,1-3H3,(H,17,21)(H,18,19). The Balaban J connectivity index is 2.10. The van der Waals surface area contributed by atoms with E-state index in [0.717, 1.165) is 22.5 Å². The third-order valence-corrected chi connectivity index (χ3v) is 3.29. The fourth-order valence-corrected chi connectivity index (χ4v) is 2.06. The number of H-pyrrole nitrogens is 1. The zero-order chi connectivity index (χ0) is 15.5. The smallest absolute Gasteiger partial charge is 0.224 e. The van der Waals surface area contributed by atoms with Gasteiger partial charge in [0, 0.05) is 24.1 Å². The number of aliphatic hydroxyl groups is 1. The molecule has 0 fully saturated rings. The number of nitrogens with zero attached hydrogens (tertiary/aromatic N) is 1. The number of rotatable bonds is 5. The molecular formula is C16H23N3O2. The molecule has 0 spiro atoms. The maximum Gasteiger partial charge on any atom is 0.224 e. The van der Waals surface area contributed by atoms with Crippen LogP contribution in [0.5, 0.6) is 0 Å². The lowest BCUT2D eigenvalue weighted by Crippen LogP contribution is -2.12. The van der Waals surface area contributed by atoms with Crippen molar-refractivity contribution in [3.05, 3.63) is 24.0 Å². The lowest BCUT2D eigenvalue weighted by Gasteiger charge is -2.13. The van der Waals surface area contributed by atoms with E-state index in [4.69, 9.17) is 5.11 Å². The zero-order valence-electron chi connectivity index (χ0n) is 12.9. The number of imidazole rings is 1. The number of hydrogen-bond acceptors (Lipinski definition) is 3. The van der Waals surface area contributed by atoms with E-state index in [1.165, 1.54) is 0 Å². The van der Waals surface area contributed by atoms with Gasteiger partial charge in [-0.2, -0.15) is 0 Å². The predicted molar refractivity (Wildman–Crippen MR) is 84.4 cm³/mol. The van der Waals surface area contributed by atoms with Gasteiger partial charge in [-0.05, 0) is 31.0 Å². The molecule has 0 aliphatic heterocycles. The summed E-state index contributed by atoms with van der Waals surface area (Å²) in [7, 11) is 0. The number of anilines is 1. The van der Waals surface area contributed by atoms with Crippen LogP contribution in [0.1, 0.15) is 45.9 Å². The fraction of sp³-hybridized carbons (Fsp3) is 0.500. The van der Waals surface area contributed by atoms with Gasteiger partial charge in [0.2, 0.25) is 5.91 Å². The summed E-state index contributed by atoms with van der Waals surface area (Å²) >= 11 is 0. The van der Waals surface area contributed by atoms with Gasteiger partial charge in [-0.1, -0.05) is 20.8 Å². The number of amides is 1. The van der Waals surface area contributed by atoms with Crippen molar-refractivity contribution in [2.45, 2.75) is 45.4 Å². The van der Waals surface area contributed by atoms with Crippen molar-refractivity contribution in [2.24, 2.45) is 0 Å². The van der Waals surface area contributed by atoms with Crippen LogP contribution in [0.4, 0.5) is 5.69 Å². The second-order valence-corrected chi connectivity index (χ2v) is 6.30. The number of carbonyl (C=O) groups is 1. The fourth-order valence-electron chi connectivity index (χ4n) is 2.06. The van der Waals surface area contributed by atoms with Crippen LogP contribution in [-0.4, -0.2) is 27.6 Å². The number of nitrogens with one attached hydrogen (secondary N) is 2. The summed E-state index contributed by atoms with van der Waals surface area (Å²) in [5.41, 5.74) is 2.55. The van der Waals surface area contributed by atoms with E-state index in [1.807, 2.05) is 18.2 Å². The minimum Gasteiger partial charge on any atom is -0.396 e. The molecule has 0 atom stereocenters. The highest BCUT2D eigenvalue weighted by Crippen LogP contribution is 2.24. The Morgan fingerprint density at radius 1 is 1.33 bits per heavy atom. The van der Waals surface area contributed by atoms with Crippen molar-refractivity contribution < 1.29 is 9.90 Å². The summed E-state index contributed by atoms with van der Waals surface area (Å²) in [6.45, 7) is 6.45. The summed E-state index contributed by atoms with van der Waals surface area (Å²) in [5.74, 6) is 0.905. The molecule has 0 bridgehead atoms. The van der Waals surface area contributed by atoms with Crippen molar-refractivity contribution in [3.8, 4) is 0 Å². The van der Waals surface area contributed by atoms with E-state index in [2.05, 4.69) is 36.1 Å². The van der Waals surface area contributed by atoms with Gasteiger partial charge in [0.05, 0.1) is 11.0 Å². The average Bonchev–Trinajstić information content (AvgIpc) is 2.82. The van der Waals surface area contributed by atoms with E-state index >= 15 is 0 Å². The first kappa shape index (κ1) is 15.5. The average molecular weight is 289 g/mol. The summed E-state index contributed by atoms with van der Waals surface area (Å²) < 4.78 is 0. The van der Waals surface area contributed by atoms with Crippen molar-refractivity contribution >= 4 is 22.6 Å². The third kappa shape index (κ3) is 4.04. The van der Waals surface area contributed by atoms with Crippen molar-refractivity contribution in [3.63, 3.8) is 0 Å². The van der Waals surface area contributed by atoms with Crippen LogP contribution in [-0.2, 0) is 10.2 Å². The molecule has 0 unspecified atom stereocenters. The molecule has 5 nitrogen and oxygen atoms in total. The molecule has 0 saturated heterocycles. The molecule has 1 aromatic carbocycles. The zero-order valence-corrected chi connectivity index (χ0v) is 12.9. The third-order valence-electron chi connectivity index (χ3n) is 3.29. The molecule has 0 saturated carbocycles. The molecule has 2 rings (SSSR count). The van der Waals surface area contributed by atoms with E-state index in [0.29, 0.717) is 19.3 Å². The Labute approximate surface area is 124 Å². The predicted octanol–water partition coefficient (Wildman–Crippen LogP) is 2.96. The number of unbranched alkanes of at least 4 members (excludes halogenated alkanes) is 1. The van der Waals surface area contributed by atoms with Crippen molar-refractivity contribution in [1.29, 1.82) is 0 Å². The number of hydrogen-bond donors (Lipinski definition) is 3. The van der Waals surface area contributed by atoms with Crippen LogP contribution < -0.4 is 5.32 Å². The number of carbonyl (C=O) groups excluding carboxylic acids is 1. The van der Waals surface area contributed by atoms with E-state index in [-0.39, 0.29) is 17.9 Å². The second kappa shape index (κ2) is 6.26. The minimum absolute atomic E-state index is 0.0293. The number of fused-ring (bicyclic) bond motifs is 1. The van der Waals surface area contributed by atoms with Crippen LogP contribution in [0.3, 0.4) is 0 Å². The Morgan fingerprint density at radius 2 is 2.10 bits per heavy atom. The van der Waals surface area contributed by atoms with Gasteiger partial charge >= 0.3 is 0 Å². The first-order valence-electron chi connectivity index (χ1n) is 7.31. The Hall–Kier alpha value is -1.88. The van der Waals surface area contributed by atoms with Gasteiger partial charge in [-0.25, -0.2) is 4.98 Å². The molecule has 2 aromatic rings. The van der Waals surface area contributed by atoms with Crippen LogP contribution in [0.15, 0.2) is 18.2 Å². The highest BCUT2D eigenvalue weighted by atomic mass is 16.3. The molecule has 1 heterocycles. The Morgan fingerprint density at radius 3 is 2.76 bits per heavy atom. The van der Waals surface area contributed by atoms with Crippen molar-refractivity contribution in [1.82, 2.24) is 9.97 Å². The number of benzene rings is 1. The van der Waals surface area contributed by atoms with E-state index in [9.17, 15) is 4.79 Å². The first-order valence-corrected chi connectivity index (χ1v) is 7.31. The molecule has 21 heavy (non-hydrogen) atoms. The van der Waals surface area contributed by atoms with Gasteiger partial charge in [0.15, 0.2) is 0 Å². The van der Waals surface area contributed by atoms with Gasteiger partial charge in [0.1, 0.15) is 5.82 Å². The summed E-state index contributed by atoms with van der Waals surface area (Å²) in [5, 5.41) is 11.6. The van der Waals surface area contributed by atoms with Gasteiger partial charge in [0.25, 0.3) is 0 Å². The maximum absolute atomic E-state index is 11.8. The van der Waals surface area contributed by atoms with Crippen LogP contribution in [0.2, 0.25) is 0 Å². The molecule has 1 amide bonds. The molecule has 5 heteroatoms.